The predicted molar refractivity (Wildman–Crippen MR) is 58.9 cm³/mol. The molecule has 1 heteroatoms. The topological polar surface area (TPSA) is 12.0 Å². The van der Waals surface area contributed by atoms with E-state index in [4.69, 9.17) is 0 Å². The lowest BCUT2D eigenvalue weighted by Gasteiger charge is -2.28. The largest absolute Gasteiger partial charge is 0.314 e. The van der Waals surface area contributed by atoms with Crippen LogP contribution in [0.4, 0.5) is 0 Å². The van der Waals surface area contributed by atoms with Crippen molar-refractivity contribution in [3.63, 3.8) is 0 Å². The Labute approximate surface area is 83.3 Å². The van der Waals surface area contributed by atoms with Gasteiger partial charge in [-0.25, -0.2) is 0 Å². The number of hydrogen-bond donors (Lipinski definition) is 1. The highest BCUT2D eigenvalue weighted by molar-refractivity contribution is 4.75. The molecule has 1 atom stereocenters. The fourth-order valence-corrected chi connectivity index (χ4v) is 2.22. The standard InChI is InChI=1S/C12H25N/c1-10(2)9-13-11(3)12-7-5-4-6-8-12/h10-13H,4-9H2,1-3H3/t11-/m0/s1. The Balaban J connectivity index is 2.17. The van der Waals surface area contributed by atoms with Gasteiger partial charge in [-0.1, -0.05) is 33.1 Å². The maximum absolute atomic E-state index is 3.65. The molecule has 1 N–H and O–H groups in total. The van der Waals surface area contributed by atoms with Gasteiger partial charge in [-0.3, -0.25) is 0 Å². The molecule has 1 rings (SSSR count). The molecule has 78 valence electrons. The molecular formula is C12H25N. The van der Waals surface area contributed by atoms with Crippen LogP contribution in [0.1, 0.15) is 52.9 Å². The normalized spacial score (nSPS) is 22.2. The molecule has 1 aliphatic rings. The van der Waals surface area contributed by atoms with Crippen molar-refractivity contribution < 1.29 is 0 Å². The van der Waals surface area contributed by atoms with E-state index in [1.807, 2.05) is 0 Å². The van der Waals surface area contributed by atoms with Crippen LogP contribution in [0.2, 0.25) is 0 Å². The van der Waals surface area contributed by atoms with Crippen LogP contribution in [-0.4, -0.2) is 12.6 Å². The fraction of sp³-hybridized carbons (Fsp3) is 1.00. The molecule has 0 saturated heterocycles. The maximum atomic E-state index is 3.65. The van der Waals surface area contributed by atoms with E-state index < -0.39 is 0 Å². The second-order valence-corrected chi connectivity index (χ2v) is 4.99. The average molecular weight is 183 g/mol. The number of nitrogens with one attached hydrogen (secondary N) is 1. The molecule has 0 radical (unpaired) electrons. The van der Waals surface area contributed by atoms with Crippen LogP contribution in [-0.2, 0) is 0 Å². The van der Waals surface area contributed by atoms with Crippen molar-refractivity contribution in [3.05, 3.63) is 0 Å². The molecule has 0 unspecified atom stereocenters. The lowest BCUT2D eigenvalue weighted by molar-refractivity contribution is 0.276. The average Bonchev–Trinajstić information content (AvgIpc) is 2.15. The van der Waals surface area contributed by atoms with Gasteiger partial charge >= 0.3 is 0 Å². The van der Waals surface area contributed by atoms with Crippen molar-refractivity contribution in [2.75, 3.05) is 6.54 Å². The Bertz CT molecular complexity index is 125. The van der Waals surface area contributed by atoms with Gasteiger partial charge in [-0.05, 0) is 38.1 Å². The van der Waals surface area contributed by atoms with E-state index in [1.54, 1.807) is 0 Å². The van der Waals surface area contributed by atoms with Gasteiger partial charge in [0.1, 0.15) is 0 Å². The quantitative estimate of drug-likeness (QED) is 0.706. The van der Waals surface area contributed by atoms with Crippen molar-refractivity contribution in [3.8, 4) is 0 Å². The minimum atomic E-state index is 0.739. The van der Waals surface area contributed by atoms with Gasteiger partial charge in [0, 0.05) is 6.04 Å². The summed E-state index contributed by atoms with van der Waals surface area (Å²) >= 11 is 0. The SMILES string of the molecule is CC(C)CN[C@@H](C)C1CCCCC1. The first-order valence-electron chi connectivity index (χ1n) is 5.93. The molecule has 0 amide bonds. The molecule has 13 heavy (non-hydrogen) atoms. The lowest BCUT2D eigenvalue weighted by Crippen LogP contribution is -2.36. The zero-order chi connectivity index (χ0) is 9.68. The highest BCUT2D eigenvalue weighted by atomic mass is 14.9. The molecule has 1 saturated carbocycles. The Kier molecular flexibility index (Phi) is 4.79. The highest BCUT2D eigenvalue weighted by Crippen LogP contribution is 2.26. The van der Waals surface area contributed by atoms with Gasteiger partial charge in [0.15, 0.2) is 0 Å². The molecule has 0 aliphatic heterocycles. The van der Waals surface area contributed by atoms with Gasteiger partial charge in [-0.2, -0.15) is 0 Å². The molecule has 0 aromatic carbocycles. The summed E-state index contributed by atoms with van der Waals surface area (Å²) in [6.07, 6.45) is 7.28. The Morgan fingerprint density at radius 3 is 2.23 bits per heavy atom. The van der Waals surface area contributed by atoms with E-state index in [-0.39, 0.29) is 0 Å². The third-order valence-electron chi connectivity index (χ3n) is 3.21. The summed E-state index contributed by atoms with van der Waals surface area (Å²) in [5.74, 6) is 1.73. The highest BCUT2D eigenvalue weighted by Gasteiger charge is 2.19. The van der Waals surface area contributed by atoms with E-state index in [1.165, 1.54) is 38.6 Å². The molecule has 0 aromatic heterocycles. The third kappa shape index (κ3) is 4.12. The van der Waals surface area contributed by atoms with Gasteiger partial charge in [0.2, 0.25) is 0 Å². The van der Waals surface area contributed by atoms with Crippen LogP contribution in [0.3, 0.4) is 0 Å². The van der Waals surface area contributed by atoms with Gasteiger partial charge < -0.3 is 5.32 Å². The zero-order valence-electron chi connectivity index (χ0n) is 9.47. The van der Waals surface area contributed by atoms with E-state index in [0.717, 1.165) is 17.9 Å². The molecular weight excluding hydrogens is 158 g/mol. The third-order valence-corrected chi connectivity index (χ3v) is 3.21. The Morgan fingerprint density at radius 2 is 1.69 bits per heavy atom. The summed E-state index contributed by atoms with van der Waals surface area (Å²) in [6.45, 7) is 8.09. The minimum Gasteiger partial charge on any atom is -0.314 e. The van der Waals surface area contributed by atoms with E-state index in [9.17, 15) is 0 Å². The summed E-state index contributed by atoms with van der Waals surface area (Å²) in [5.41, 5.74) is 0. The molecule has 0 spiro atoms. The molecule has 1 nitrogen and oxygen atoms in total. The molecule has 0 bridgehead atoms. The number of rotatable bonds is 4. The van der Waals surface area contributed by atoms with Crippen molar-refractivity contribution in [1.82, 2.24) is 5.32 Å². The van der Waals surface area contributed by atoms with E-state index in [2.05, 4.69) is 26.1 Å². The van der Waals surface area contributed by atoms with Crippen molar-refractivity contribution in [2.45, 2.75) is 58.9 Å². The summed E-state index contributed by atoms with van der Waals surface area (Å²) in [4.78, 5) is 0. The maximum Gasteiger partial charge on any atom is 0.00671 e. The summed E-state index contributed by atoms with van der Waals surface area (Å²) in [7, 11) is 0. The van der Waals surface area contributed by atoms with Crippen LogP contribution in [0.5, 0.6) is 0 Å². The van der Waals surface area contributed by atoms with Gasteiger partial charge in [0.25, 0.3) is 0 Å². The van der Waals surface area contributed by atoms with Gasteiger partial charge in [-0.15, -0.1) is 0 Å². The minimum absolute atomic E-state index is 0.739. The van der Waals surface area contributed by atoms with Crippen LogP contribution < -0.4 is 5.32 Å². The smallest absolute Gasteiger partial charge is 0.00671 e. The summed E-state index contributed by atoms with van der Waals surface area (Å²) in [6, 6.07) is 0.739. The first kappa shape index (κ1) is 11.0. The predicted octanol–water partition coefficient (Wildman–Crippen LogP) is 3.20. The summed E-state index contributed by atoms with van der Waals surface area (Å²) in [5, 5.41) is 3.65. The molecule has 0 heterocycles. The van der Waals surface area contributed by atoms with Crippen molar-refractivity contribution >= 4 is 0 Å². The van der Waals surface area contributed by atoms with Crippen molar-refractivity contribution in [1.29, 1.82) is 0 Å². The van der Waals surface area contributed by atoms with Crippen LogP contribution in [0.25, 0.3) is 0 Å². The van der Waals surface area contributed by atoms with E-state index in [0.29, 0.717) is 0 Å². The van der Waals surface area contributed by atoms with Crippen LogP contribution in [0, 0.1) is 11.8 Å². The van der Waals surface area contributed by atoms with Crippen LogP contribution in [0.15, 0.2) is 0 Å². The molecule has 1 aliphatic carbocycles. The lowest BCUT2D eigenvalue weighted by atomic mass is 9.84. The molecule has 1 fully saturated rings. The molecule has 0 aromatic rings. The number of hydrogen-bond acceptors (Lipinski definition) is 1. The monoisotopic (exact) mass is 183 g/mol. The Morgan fingerprint density at radius 1 is 1.08 bits per heavy atom. The zero-order valence-corrected chi connectivity index (χ0v) is 9.47. The second kappa shape index (κ2) is 5.64. The van der Waals surface area contributed by atoms with Gasteiger partial charge in [0.05, 0.1) is 0 Å². The Hall–Kier alpha value is -0.0400. The fourth-order valence-electron chi connectivity index (χ4n) is 2.22. The van der Waals surface area contributed by atoms with Crippen LogP contribution >= 0.6 is 0 Å². The van der Waals surface area contributed by atoms with E-state index >= 15 is 0 Å². The van der Waals surface area contributed by atoms with Crippen molar-refractivity contribution in [2.24, 2.45) is 11.8 Å². The first-order valence-corrected chi connectivity index (χ1v) is 5.93. The first-order chi connectivity index (χ1) is 6.20. The second-order valence-electron chi connectivity index (χ2n) is 4.99. The summed E-state index contributed by atoms with van der Waals surface area (Å²) < 4.78 is 0.